The summed E-state index contributed by atoms with van der Waals surface area (Å²) < 4.78 is 0. The van der Waals surface area contributed by atoms with Gasteiger partial charge in [0.25, 0.3) is 0 Å². The zero-order valence-electron chi connectivity index (χ0n) is 11.6. The molecule has 0 unspecified atom stereocenters. The lowest BCUT2D eigenvalue weighted by Crippen LogP contribution is -2.38. The molecule has 0 atom stereocenters. The van der Waals surface area contributed by atoms with Crippen LogP contribution in [0.25, 0.3) is 0 Å². The molecule has 0 spiro atoms. The third kappa shape index (κ3) is 6.41. The number of halogens is 1. The number of amides is 1. The summed E-state index contributed by atoms with van der Waals surface area (Å²) in [6.07, 6.45) is 2.19. The van der Waals surface area contributed by atoms with Crippen LogP contribution in [0.5, 0.6) is 0 Å². The average Bonchev–Trinajstić information content (AvgIpc) is 2.39. The molecule has 2 N–H and O–H groups in total. The molecule has 19 heavy (non-hydrogen) atoms. The van der Waals surface area contributed by atoms with Gasteiger partial charge in [-0.2, -0.15) is 0 Å². The molecular weight excluding hydrogens is 260 g/mol. The Labute approximate surface area is 121 Å². The number of nitrogens with one attached hydrogen (secondary N) is 2. The van der Waals surface area contributed by atoms with E-state index >= 15 is 0 Å². The summed E-state index contributed by atoms with van der Waals surface area (Å²) >= 11 is 0. The van der Waals surface area contributed by atoms with E-state index in [4.69, 9.17) is 0 Å². The normalized spacial score (nSPS) is 10.4. The van der Waals surface area contributed by atoms with Gasteiger partial charge in [0, 0.05) is 12.1 Å². The predicted molar refractivity (Wildman–Crippen MR) is 82.5 cm³/mol. The van der Waals surface area contributed by atoms with Gasteiger partial charge >= 0.3 is 0 Å². The van der Waals surface area contributed by atoms with Gasteiger partial charge in [0.15, 0.2) is 0 Å². The Kier molecular flexibility index (Phi) is 8.12. The van der Waals surface area contributed by atoms with Gasteiger partial charge in [0.2, 0.25) is 5.91 Å². The van der Waals surface area contributed by atoms with Crippen LogP contribution < -0.4 is 10.6 Å². The predicted octanol–water partition coefficient (Wildman–Crippen LogP) is 2.63. The van der Waals surface area contributed by atoms with Crippen LogP contribution in [0.3, 0.4) is 0 Å². The van der Waals surface area contributed by atoms with Crippen molar-refractivity contribution < 1.29 is 4.79 Å². The van der Waals surface area contributed by atoms with Crippen LogP contribution in [0.2, 0.25) is 0 Å². The molecule has 0 radical (unpaired) electrons. The fourth-order valence-corrected chi connectivity index (χ4v) is 1.73. The fraction of sp³-hybridized carbons (Fsp3) is 0.400. The summed E-state index contributed by atoms with van der Waals surface area (Å²) in [5.41, 5.74) is 1.21. The first-order valence-electron chi connectivity index (χ1n) is 6.27. The summed E-state index contributed by atoms with van der Waals surface area (Å²) in [4.78, 5) is 10.9. The van der Waals surface area contributed by atoms with Crippen molar-refractivity contribution in [3.05, 3.63) is 48.6 Å². The van der Waals surface area contributed by atoms with Gasteiger partial charge in [-0.15, -0.1) is 12.4 Å². The van der Waals surface area contributed by atoms with Gasteiger partial charge in [-0.3, -0.25) is 4.79 Å². The van der Waals surface area contributed by atoms with E-state index in [1.807, 2.05) is 18.2 Å². The molecule has 1 aromatic carbocycles. The lowest BCUT2D eigenvalue weighted by molar-refractivity contribution is -0.116. The zero-order chi connectivity index (χ0) is 13.4. The number of carbonyl (C=O) groups is 1. The van der Waals surface area contributed by atoms with Gasteiger partial charge < -0.3 is 10.6 Å². The monoisotopic (exact) mass is 282 g/mol. The van der Waals surface area contributed by atoms with Crippen LogP contribution in [-0.2, 0) is 10.3 Å². The first kappa shape index (κ1) is 17.7. The number of benzene rings is 1. The highest BCUT2D eigenvalue weighted by molar-refractivity contribution is 5.86. The minimum atomic E-state index is -0.114. The lowest BCUT2D eigenvalue weighted by Gasteiger charge is -2.27. The number of carbonyl (C=O) groups excluding carboxylic acids is 1. The number of hydrogen-bond donors (Lipinski definition) is 2. The molecule has 1 aromatic rings. The Morgan fingerprint density at radius 1 is 1.26 bits per heavy atom. The maximum atomic E-state index is 10.9. The van der Waals surface area contributed by atoms with Crippen molar-refractivity contribution in [1.82, 2.24) is 10.6 Å². The topological polar surface area (TPSA) is 41.1 Å². The maximum absolute atomic E-state index is 10.9. The first-order chi connectivity index (χ1) is 8.56. The quantitative estimate of drug-likeness (QED) is 0.596. The van der Waals surface area contributed by atoms with Crippen LogP contribution >= 0.6 is 12.4 Å². The largest absolute Gasteiger partial charge is 0.353 e. The van der Waals surface area contributed by atoms with Crippen molar-refractivity contribution in [3.63, 3.8) is 0 Å². The van der Waals surface area contributed by atoms with Gasteiger partial charge in [-0.05, 0) is 38.5 Å². The van der Waals surface area contributed by atoms with E-state index < -0.39 is 0 Å². The molecule has 1 amide bonds. The Morgan fingerprint density at radius 2 is 1.89 bits per heavy atom. The minimum Gasteiger partial charge on any atom is -0.353 e. The van der Waals surface area contributed by atoms with Gasteiger partial charge in [0.05, 0.1) is 0 Å². The summed E-state index contributed by atoms with van der Waals surface area (Å²) in [5.74, 6) is -0.114. The van der Waals surface area contributed by atoms with Crippen LogP contribution in [-0.4, -0.2) is 19.0 Å². The lowest BCUT2D eigenvalue weighted by atomic mass is 9.94. The van der Waals surface area contributed by atoms with Crippen LogP contribution in [0, 0.1) is 0 Å². The summed E-state index contributed by atoms with van der Waals surface area (Å²) in [5, 5.41) is 6.25. The van der Waals surface area contributed by atoms with Crippen molar-refractivity contribution in [2.45, 2.75) is 25.8 Å². The van der Waals surface area contributed by atoms with Crippen molar-refractivity contribution in [2.24, 2.45) is 0 Å². The van der Waals surface area contributed by atoms with Crippen molar-refractivity contribution >= 4 is 18.3 Å². The standard InChI is InChI=1S/C15H22N2O.ClH/c1-4-14(18)16-11-8-12-17-15(2,3)13-9-6-5-7-10-13;/h4-7,9-10,17H,1,8,11-12H2,2-3H3,(H,16,18);1H. The Balaban J connectivity index is 0.00000324. The maximum Gasteiger partial charge on any atom is 0.243 e. The SMILES string of the molecule is C=CC(=O)NCCCNC(C)(C)c1ccccc1.Cl. The van der Waals surface area contributed by atoms with E-state index in [9.17, 15) is 4.79 Å². The smallest absolute Gasteiger partial charge is 0.243 e. The molecule has 106 valence electrons. The summed E-state index contributed by atoms with van der Waals surface area (Å²) in [6, 6.07) is 10.3. The molecule has 1 rings (SSSR count). The van der Waals surface area contributed by atoms with Gasteiger partial charge in [0.1, 0.15) is 0 Å². The van der Waals surface area contributed by atoms with E-state index in [0.29, 0.717) is 6.54 Å². The molecule has 0 heterocycles. The third-order valence-corrected chi connectivity index (χ3v) is 2.90. The number of rotatable bonds is 7. The molecule has 0 saturated heterocycles. The minimum absolute atomic E-state index is 0. The molecule has 0 fully saturated rings. The molecule has 0 aromatic heterocycles. The van der Waals surface area contributed by atoms with Crippen LogP contribution in [0.1, 0.15) is 25.8 Å². The third-order valence-electron chi connectivity index (χ3n) is 2.90. The zero-order valence-corrected chi connectivity index (χ0v) is 12.4. The van der Waals surface area contributed by atoms with E-state index in [2.05, 4.69) is 43.2 Å². The molecule has 0 bridgehead atoms. The highest BCUT2D eigenvalue weighted by Gasteiger charge is 2.18. The highest BCUT2D eigenvalue weighted by atomic mass is 35.5. The van der Waals surface area contributed by atoms with E-state index in [-0.39, 0.29) is 23.9 Å². The second kappa shape index (κ2) is 8.73. The second-order valence-electron chi connectivity index (χ2n) is 4.77. The second-order valence-corrected chi connectivity index (χ2v) is 4.77. The van der Waals surface area contributed by atoms with E-state index in [0.717, 1.165) is 13.0 Å². The first-order valence-corrected chi connectivity index (χ1v) is 6.27. The van der Waals surface area contributed by atoms with E-state index in [1.165, 1.54) is 11.6 Å². The van der Waals surface area contributed by atoms with Gasteiger partial charge in [-0.25, -0.2) is 0 Å². The average molecular weight is 283 g/mol. The number of hydrogen-bond acceptors (Lipinski definition) is 2. The molecule has 3 nitrogen and oxygen atoms in total. The van der Waals surface area contributed by atoms with E-state index in [1.54, 1.807) is 0 Å². The molecule has 0 aliphatic rings. The highest BCUT2D eigenvalue weighted by Crippen LogP contribution is 2.18. The van der Waals surface area contributed by atoms with Gasteiger partial charge in [-0.1, -0.05) is 36.9 Å². The summed E-state index contributed by atoms with van der Waals surface area (Å²) in [7, 11) is 0. The molecule has 0 saturated carbocycles. The Morgan fingerprint density at radius 3 is 2.47 bits per heavy atom. The Hall–Kier alpha value is -1.32. The fourth-order valence-electron chi connectivity index (χ4n) is 1.73. The van der Waals surface area contributed by atoms with Crippen molar-refractivity contribution in [3.8, 4) is 0 Å². The van der Waals surface area contributed by atoms with Crippen LogP contribution in [0.4, 0.5) is 0 Å². The van der Waals surface area contributed by atoms with Crippen LogP contribution in [0.15, 0.2) is 43.0 Å². The molecule has 0 aliphatic heterocycles. The summed E-state index contributed by atoms with van der Waals surface area (Å²) in [6.45, 7) is 9.26. The van der Waals surface area contributed by atoms with Crippen molar-refractivity contribution in [2.75, 3.05) is 13.1 Å². The molecule has 4 heteroatoms. The molecular formula is C15H23ClN2O. The Bertz CT molecular complexity index is 390. The van der Waals surface area contributed by atoms with Crippen molar-refractivity contribution in [1.29, 1.82) is 0 Å². The molecule has 0 aliphatic carbocycles.